The summed E-state index contributed by atoms with van der Waals surface area (Å²) in [5.74, 6) is 0. The minimum Gasteiger partial charge on any atom is -0.380 e. The van der Waals surface area contributed by atoms with Gasteiger partial charge in [0.25, 0.3) is 0 Å². The number of benzene rings is 2. The highest BCUT2D eigenvalue weighted by molar-refractivity contribution is 5.73. The van der Waals surface area contributed by atoms with Gasteiger partial charge in [-0.1, -0.05) is 54.6 Å². The molecule has 4 nitrogen and oxygen atoms in total. The van der Waals surface area contributed by atoms with Crippen molar-refractivity contribution in [3.63, 3.8) is 0 Å². The fourth-order valence-corrected chi connectivity index (χ4v) is 2.26. The van der Waals surface area contributed by atoms with Crippen LogP contribution < -0.4 is 5.32 Å². The highest BCUT2D eigenvalue weighted by atomic mass is 16.5. The molecule has 22 heavy (non-hydrogen) atoms. The zero-order valence-corrected chi connectivity index (χ0v) is 13.1. The Morgan fingerprint density at radius 1 is 1.05 bits per heavy atom. The van der Waals surface area contributed by atoms with Crippen molar-refractivity contribution >= 4 is 6.03 Å². The zero-order valence-electron chi connectivity index (χ0n) is 13.1. The minimum atomic E-state index is -0.0870. The lowest BCUT2D eigenvalue weighted by Gasteiger charge is -2.18. The third-order valence-corrected chi connectivity index (χ3v) is 3.46. The van der Waals surface area contributed by atoms with Gasteiger partial charge in [0.15, 0.2) is 0 Å². The topological polar surface area (TPSA) is 41.6 Å². The van der Waals surface area contributed by atoms with Crippen molar-refractivity contribution in [2.45, 2.75) is 19.7 Å². The summed E-state index contributed by atoms with van der Waals surface area (Å²) < 4.78 is 5.18. The molecule has 2 rings (SSSR count). The Labute approximate surface area is 131 Å². The summed E-state index contributed by atoms with van der Waals surface area (Å²) >= 11 is 0. The smallest absolute Gasteiger partial charge is 0.317 e. The van der Waals surface area contributed by atoms with Gasteiger partial charge in [-0.25, -0.2) is 4.79 Å². The second kappa shape index (κ2) is 8.20. The first-order valence-electron chi connectivity index (χ1n) is 7.29. The number of methoxy groups -OCH3 is 1. The summed E-state index contributed by atoms with van der Waals surface area (Å²) in [6.07, 6.45) is 0. The van der Waals surface area contributed by atoms with Crippen molar-refractivity contribution in [2.24, 2.45) is 0 Å². The molecule has 0 unspecified atom stereocenters. The summed E-state index contributed by atoms with van der Waals surface area (Å²) in [5, 5.41) is 2.95. The number of nitrogens with one attached hydrogen (secondary N) is 1. The molecule has 0 atom stereocenters. The van der Waals surface area contributed by atoms with E-state index in [-0.39, 0.29) is 6.03 Å². The van der Waals surface area contributed by atoms with Crippen molar-refractivity contribution in [3.05, 3.63) is 71.3 Å². The van der Waals surface area contributed by atoms with Gasteiger partial charge in [-0.2, -0.15) is 0 Å². The Hall–Kier alpha value is -2.33. The quantitative estimate of drug-likeness (QED) is 0.890. The van der Waals surface area contributed by atoms with E-state index in [4.69, 9.17) is 4.74 Å². The molecule has 0 aliphatic rings. The maximum atomic E-state index is 12.2. The van der Waals surface area contributed by atoms with E-state index in [0.29, 0.717) is 19.7 Å². The van der Waals surface area contributed by atoms with E-state index in [1.165, 1.54) is 0 Å². The van der Waals surface area contributed by atoms with Crippen LogP contribution in [0.2, 0.25) is 0 Å². The van der Waals surface area contributed by atoms with Gasteiger partial charge in [0.2, 0.25) is 0 Å². The van der Waals surface area contributed by atoms with E-state index in [1.54, 1.807) is 19.1 Å². The number of rotatable bonds is 6. The summed E-state index contributed by atoms with van der Waals surface area (Å²) in [5.41, 5.74) is 3.28. The molecule has 0 saturated heterocycles. The predicted molar refractivity (Wildman–Crippen MR) is 87.3 cm³/mol. The molecule has 2 amide bonds. The Balaban J connectivity index is 1.89. The van der Waals surface area contributed by atoms with Gasteiger partial charge in [0.05, 0.1) is 6.61 Å². The van der Waals surface area contributed by atoms with Crippen LogP contribution >= 0.6 is 0 Å². The summed E-state index contributed by atoms with van der Waals surface area (Å²) in [7, 11) is 3.46. The van der Waals surface area contributed by atoms with Crippen molar-refractivity contribution in [3.8, 4) is 0 Å². The van der Waals surface area contributed by atoms with Crippen LogP contribution in [0, 0.1) is 0 Å². The van der Waals surface area contributed by atoms with Crippen LogP contribution in [0.3, 0.4) is 0 Å². The molecule has 0 aliphatic heterocycles. The van der Waals surface area contributed by atoms with Crippen LogP contribution in [-0.4, -0.2) is 25.1 Å². The normalized spacial score (nSPS) is 10.3. The monoisotopic (exact) mass is 298 g/mol. The maximum absolute atomic E-state index is 12.2. The molecular weight excluding hydrogens is 276 g/mol. The van der Waals surface area contributed by atoms with Gasteiger partial charge in [-0.05, 0) is 16.7 Å². The molecule has 4 heteroatoms. The molecule has 1 N–H and O–H groups in total. The van der Waals surface area contributed by atoms with E-state index in [2.05, 4.69) is 5.32 Å². The number of carbonyl (C=O) groups excluding carboxylic acids is 1. The summed E-state index contributed by atoms with van der Waals surface area (Å²) in [4.78, 5) is 13.8. The second-order valence-electron chi connectivity index (χ2n) is 5.20. The third-order valence-electron chi connectivity index (χ3n) is 3.46. The molecule has 0 aromatic heterocycles. The van der Waals surface area contributed by atoms with Gasteiger partial charge in [0, 0.05) is 27.2 Å². The van der Waals surface area contributed by atoms with Crippen molar-refractivity contribution in [1.29, 1.82) is 0 Å². The van der Waals surface area contributed by atoms with E-state index < -0.39 is 0 Å². The molecule has 116 valence electrons. The number of urea groups is 1. The lowest BCUT2D eigenvalue weighted by atomic mass is 10.1. The molecule has 0 spiro atoms. The first kappa shape index (κ1) is 16.0. The average molecular weight is 298 g/mol. The average Bonchev–Trinajstić information content (AvgIpc) is 2.55. The van der Waals surface area contributed by atoms with E-state index in [1.807, 2.05) is 54.6 Å². The summed E-state index contributed by atoms with van der Waals surface area (Å²) in [6, 6.07) is 17.8. The fraction of sp³-hybridized carbons (Fsp3) is 0.278. The molecule has 0 fully saturated rings. The van der Waals surface area contributed by atoms with Crippen LogP contribution in [0.1, 0.15) is 16.7 Å². The largest absolute Gasteiger partial charge is 0.380 e. The van der Waals surface area contributed by atoms with Gasteiger partial charge >= 0.3 is 6.03 Å². The predicted octanol–water partition coefficient (Wildman–Crippen LogP) is 3.17. The molecule has 0 aliphatic carbocycles. The first-order valence-corrected chi connectivity index (χ1v) is 7.29. The highest BCUT2D eigenvalue weighted by Crippen LogP contribution is 2.10. The van der Waals surface area contributed by atoms with Crippen LogP contribution in [0.15, 0.2) is 54.6 Å². The van der Waals surface area contributed by atoms with Crippen molar-refractivity contribution in [2.75, 3.05) is 14.2 Å². The molecule has 2 aromatic rings. The van der Waals surface area contributed by atoms with Crippen LogP contribution in [0.5, 0.6) is 0 Å². The lowest BCUT2D eigenvalue weighted by Crippen LogP contribution is -2.36. The molecule has 0 saturated carbocycles. The number of amides is 2. The lowest BCUT2D eigenvalue weighted by molar-refractivity contribution is 0.183. The molecule has 0 heterocycles. The fourth-order valence-electron chi connectivity index (χ4n) is 2.26. The number of hydrogen-bond donors (Lipinski definition) is 1. The SMILES string of the molecule is COCc1ccccc1CNC(=O)N(C)Cc1ccccc1. The number of hydrogen-bond acceptors (Lipinski definition) is 2. The van der Waals surface area contributed by atoms with Crippen LogP contribution in [0.25, 0.3) is 0 Å². The minimum absolute atomic E-state index is 0.0870. The van der Waals surface area contributed by atoms with Gasteiger partial charge in [-0.3, -0.25) is 0 Å². The Bertz CT molecular complexity index is 599. The summed E-state index contributed by atoms with van der Waals surface area (Å²) in [6.45, 7) is 1.63. The molecule has 2 aromatic carbocycles. The second-order valence-corrected chi connectivity index (χ2v) is 5.20. The van der Waals surface area contributed by atoms with E-state index >= 15 is 0 Å². The maximum Gasteiger partial charge on any atom is 0.317 e. The van der Waals surface area contributed by atoms with Crippen molar-refractivity contribution in [1.82, 2.24) is 10.2 Å². The van der Waals surface area contributed by atoms with Gasteiger partial charge in [-0.15, -0.1) is 0 Å². The number of ether oxygens (including phenoxy) is 1. The van der Waals surface area contributed by atoms with Gasteiger partial charge < -0.3 is 15.0 Å². The first-order chi connectivity index (χ1) is 10.7. The number of carbonyl (C=O) groups is 1. The van der Waals surface area contributed by atoms with E-state index in [0.717, 1.165) is 16.7 Å². The molecular formula is C18H22N2O2. The zero-order chi connectivity index (χ0) is 15.8. The van der Waals surface area contributed by atoms with Crippen molar-refractivity contribution < 1.29 is 9.53 Å². The number of nitrogens with zero attached hydrogens (tertiary/aromatic N) is 1. The van der Waals surface area contributed by atoms with E-state index in [9.17, 15) is 4.79 Å². The Kier molecular flexibility index (Phi) is 5.98. The molecule has 0 bridgehead atoms. The standard InChI is InChI=1S/C18H22N2O2/c1-20(13-15-8-4-3-5-9-15)18(21)19-12-16-10-6-7-11-17(16)14-22-2/h3-11H,12-14H2,1-2H3,(H,19,21). The third kappa shape index (κ3) is 4.60. The Morgan fingerprint density at radius 2 is 1.68 bits per heavy atom. The van der Waals surface area contributed by atoms with Gasteiger partial charge in [0.1, 0.15) is 0 Å². The van der Waals surface area contributed by atoms with Crippen LogP contribution in [-0.2, 0) is 24.4 Å². The highest BCUT2D eigenvalue weighted by Gasteiger charge is 2.09. The molecule has 0 radical (unpaired) electrons. The van der Waals surface area contributed by atoms with Crippen LogP contribution in [0.4, 0.5) is 4.79 Å². The Morgan fingerprint density at radius 3 is 2.36 bits per heavy atom.